The summed E-state index contributed by atoms with van der Waals surface area (Å²) < 4.78 is 9.20. The zero-order valence-electron chi connectivity index (χ0n) is 11.7. The molecule has 0 radical (unpaired) electrons. The molecule has 2 heterocycles. The van der Waals surface area contributed by atoms with Gasteiger partial charge in [-0.3, -0.25) is 0 Å². The van der Waals surface area contributed by atoms with Crippen LogP contribution in [-0.4, -0.2) is 33.2 Å². The van der Waals surface area contributed by atoms with Gasteiger partial charge in [0.05, 0.1) is 18.1 Å². The summed E-state index contributed by atoms with van der Waals surface area (Å²) in [4.78, 5) is 7.84. The van der Waals surface area contributed by atoms with Crippen molar-refractivity contribution in [1.29, 1.82) is 0 Å². The minimum atomic E-state index is 0.732. The first kappa shape index (κ1) is 14.2. The molecule has 0 bridgehead atoms. The lowest BCUT2D eigenvalue weighted by atomic mass is 10.3. The molecule has 0 fully saturated rings. The largest absolute Gasteiger partial charge is 0.497 e. The first-order valence-electron chi connectivity index (χ1n) is 6.51. The summed E-state index contributed by atoms with van der Waals surface area (Å²) in [7, 11) is 1.66. The van der Waals surface area contributed by atoms with E-state index >= 15 is 0 Å². The summed E-state index contributed by atoms with van der Waals surface area (Å²) in [6.45, 7) is 2.93. The summed E-state index contributed by atoms with van der Waals surface area (Å²) >= 11 is 3.00. The second-order valence-electron chi connectivity index (χ2n) is 4.29. The number of nitrogens with zero attached hydrogens (tertiary/aromatic N) is 3. The average molecular weight is 321 g/mol. The lowest BCUT2D eigenvalue weighted by Crippen LogP contribution is -1.97. The number of methoxy groups -OCH3 is 1. The number of benzene rings is 1. The van der Waals surface area contributed by atoms with E-state index in [9.17, 15) is 0 Å². The van der Waals surface area contributed by atoms with Gasteiger partial charge in [-0.25, -0.2) is 4.98 Å². The van der Waals surface area contributed by atoms with Crippen LogP contribution in [0.3, 0.4) is 0 Å². The maximum absolute atomic E-state index is 5.21. The van der Waals surface area contributed by atoms with E-state index in [1.54, 1.807) is 18.9 Å². The smallest absolute Gasteiger partial charge is 0.166 e. The highest BCUT2D eigenvalue weighted by molar-refractivity contribution is 7.98. The molecule has 0 aliphatic heterocycles. The minimum absolute atomic E-state index is 0.732. The van der Waals surface area contributed by atoms with Gasteiger partial charge in [-0.2, -0.15) is 0 Å². The topological polar surface area (TPSA) is 75.7 Å². The number of nitrogens with one attached hydrogen (secondary N) is 2. The van der Waals surface area contributed by atoms with Crippen molar-refractivity contribution in [2.45, 2.75) is 17.8 Å². The van der Waals surface area contributed by atoms with Crippen LogP contribution in [0.2, 0.25) is 0 Å². The van der Waals surface area contributed by atoms with E-state index in [0.29, 0.717) is 0 Å². The Morgan fingerprint density at radius 2 is 2.33 bits per heavy atom. The Morgan fingerprint density at radius 3 is 3.14 bits per heavy atom. The molecule has 2 N–H and O–H groups in total. The summed E-state index contributed by atoms with van der Waals surface area (Å²) in [6, 6.07) is 5.80. The molecule has 0 amide bonds. The molecule has 0 saturated carbocycles. The van der Waals surface area contributed by atoms with Gasteiger partial charge < -0.3 is 15.0 Å². The summed E-state index contributed by atoms with van der Waals surface area (Å²) in [5.74, 6) is 1.55. The maximum Gasteiger partial charge on any atom is 0.166 e. The standard InChI is InChI=1S/C13H15N5OS2/c1-3-14-12-11(17-18-21-12)7-20-13-15-9-5-4-8(19-2)6-10(9)16-13/h4-6,14H,3,7H2,1-2H3,(H,15,16). The van der Waals surface area contributed by atoms with Gasteiger partial charge in [0.2, 0.25) is 0 Å². The highest BCUT2D eigenvalue weighted by atomic mass is 32.2. The van der Waals surface area contributed by atoms with Crippen molar-refractivity contribution in [2.24, 2.45) is 0 Å². The van der Waals surface area contributed by atoms with Crippen LogP contribution < -0.4 is 10.1 Å². The van der Waals surface area contributed by atoms with Crippen LogP contribution >= 0.6 is 23.3 Å². The van der Waals surface area contributed by atoms with Crippen molar-refractivity contribution >= 4 is 39.3 Å². The Balaban J connectivity index is 1.74. The van der Waals surface area contributed by atoms with Gasteiger partial charge in [0.15, 0.2) is 5.16 Å². The van der Waals surface area contributed by atoms with Gasteiger partial charge >= 0.3 is 0 Å². The number of rotatable bonds is 6. The average Bonchev–Trinajstić information content (AvgIpc) is 3.10. The fourth-order valence-electron chi connectivity index (χ4n) is 1.90. The van der Waals surface area contributed by atoms with Gasteiger partial charge in [0.1, 0.15) is 16.4 Å². The molecule has 0 spiro atoms. The minimum Gasteiger partial charge on any atom is -0.497 e. The zero-order chi connectivity index (χ0) is 14.7. The van der Waals surface area contributed by atoms with E-state index in [0.717, 1.165) is 44.9 Å². The predicted molar refractivity (Wildman–Crippen MR) is 86.3 cm³/mol. The van der Waals surface area contributed by atoms with Crippen LogP contribution in [0, 0.1) is 0 Å². The van der Waals surface area contributed by atoms with Crippen molar-refractivity contribution in [3.63, 3.8) is 0 Å². The monoisotopic (exact) mass is 321 g/mol. The van der Waals surface area contributed by atoms with Crippen molar-refractivity contribution < 1.29 is 4.74 Å². The Labute approximate surface area is 130 Å². The molecule has 8 heteroatoms. The molecule has 3 rings (SSSR count). The van der Waals surface area contributed by atoms with E-state index in [-0.39, 0.29) is 0 Å². The molecule has 2 aromatic heterocycles. The van der Waals surface area contributed by atoms with Crippen molar-refractivity contribution in [2.75, 3.05) is 19.0 Å². The molecule has 0 saturated heterocycles. The number of aromatic nitrogens is 4. The number of thioether (sulfide) groups is 1. The van der Waals surface area contributed by atoms with Crippen molar-refractivity contribution in [3.8, 4) is 5.75 Å². The van der Waals surface area contributed by atoms with Crippen LogP contribution in [0.15, 0.2) is 23.4 Å². The fraction of sp³-hybridized carbons (Fsp3) is 0.308. The third kappa shape index (κ3) is 3.11. The molecule has 3 aromatic rings. The second-order valence-corrected chi connectivity index (χ2v) is 6.01. The predicted octanol–water partition coefficient (Wildman–Crippen LogP) is 3.15. The molecular weight excluding hydrogens is 306 g/mol. The Morgan fingerprint density at radius 1 is 1.43 bits per heavy atom. The molecule has 0 aliphatic rings. The number of hydrogen-bond acceptors (Lipinski definition) is 7. The third-order valence-electron chi connectivity index (χ3n) is 2.91. The molecule has 0 unspecified atom stereocenters. The van der Waals surface area contributed by atoms with E-state index in [1.807, 2.05) is 18.2 Å². The first-order chi connectivity index (χ1) is 10.3. The number of ether oxygens (including phenoxy) is 1. The van der Waals surface area contributed by atoms with Gasteiger partial charge in [0.25, 0.3) is 0 Å². The Kier molecular flexibility index (Phi) is 4.26. The van der Waals surface area contributed by atoms with Crippen molar-refractivity contribution in [1.82, 2.24) is 19.6 Å². The molecule has 110 valence electrons. The van der Waals surface area contributed by atoms with Crippen molar-refractivity contribution in [3.05, 3.63) is 23.9 Å². The lowest BCUT2D eigenvalue weighted by Gasteiger charge is -2.00. The number of fused-ring (bicyclic) bond motifs is 1. The summed E-state index contributed by atoms with van der Waals surface area (Å²) in [6.07, 6.45) is 0. The second kappa shape index (κ2) is 6.31. The third-order valence-corrected chi connectivity index (χ3v) is 4.52. The molecule has 6 nitrogen and oxygen atoms in total. The molecule has 0 atom stereocenters. The number of H-pyrrole nitrogens is 1. The van der Waals surface area contributed by atoms with E-state index in [1.165, 1.54) is 11.5 Å². The molecule has 21 heavy (non-hydrogen) atoms. The van der Waals surface area contributed by atoms with E-state index in [4.69, 9.17) is 4.74 Å². The Hall–Kier alpha value is -1.80. The highest BCUT2D eigenvalue weighted by Crippen LogP contribution is 2.28. The van der Waals surface area contributed by atoms with Gasteiger partial charge in [-0.05, 0) is 19.1 Å². The fourth-order valence-corrected chi connectivity index (χ4v) is 3.46. The lowest BCUT2D eigenvalue weighted by molar-refractivity contribution is 0.415. The summed E-state index contributed by atoms with van der Waals surface area (Å²) in [5.41, 5.74) is 2.87. The maximum atomic E-state index is 5.21. The van der Waals surface area contributed by atoms with Gasteiger partial charge in [-0.15, -0.1) is 5.10 Å². The first-order valence-corrected chi connectivity index (χ1v) is 8.27. The van der Waals surface area contributed by atoms with Gasteiger partial charge in [0, 0.05) is 29.9 Å². The van der Waals surface area contributed by atoms with E-state index in [2.05, 4.69) is 31.8 Å². The normalized spacial score (nSPS) is 11.0. The molecular formula is C13H15N5OS2. The van der Waals surface area contributed by atoms with Gasteiger partial charge in [-0.1, -0.05) is 16.3 Å². The Bertz CT molecular complexity index is 739. The zero-order valence-corrected chi connectivity index (χ0v) is 13.3. The SMILES string of the molecule is CCNc1snnc1CSc1nc2ccc(OC)cc2[nH]1. The summed E-state index contributed by atoms with van der Waals surface area (Å²) in [5, 5.41) is 9.32. The number of anilines is 1. The molecule has 0 aliphatic carbocycles. The number of hydrogen-bond donors (Lipinski definition) is 2. The molecule has 1 aromatic carbocycles. The number of imidazole rings is 1. The van der Waals surface area contributed by atoms with Crippen LogP contribution in [0.4, 0.5) is 5.00 Å². The van der Waals surface area contributed by atoms with E-state index < -0.39 is 0 Å². The number of aromatic amines is 1. The quantitative estimate of drug-likeness (QED) is 0.679. The van der Waals surface area contributed by atoms with Crippen LogP contribution in [-0.2, 0) is 5.75 Å². The van der Waals surface area contributed by atoms with Crippen LogP contribution in [0.25, 0.3) is 11.0 Å². The van der Waals surface area contributed by atoms with Crippen LogP contribution in [0.5, 0.6) is 5.75 Å². The van der Waals surface area contributed by atoms with Crippen LogP contribution in [0.1, 0.15) is 12.6 Å². The highest BCUT2D eigenvalue weighted by Gasteiger charge is 2.10.